The first-order chi connectivity index (χ1) is 11.9. The summed E-state index contributed by atoms with van der Waals surface area (Å²) >= 11 is 0. The number of piperazine rings is 1. The predicted octanol–water partition coefficient (Wildman–Crippen LogP) is 1.06. The van der Waals surface area contributed by atoms with Crippen LogP contribution in [0, 0.1) is 5.92 Å². The summed E-state index contributed by atoms with van der Waals surface area (Å²) in [5, 5.41) is 2.89. The molecule has 1 aliphatic rings. The molecule has 6 nitrogen and oxygen atoms in total. The molecule has 0 radical (unpaired) electrons. The Morgan fingerprint density at radius 1 is 1.00 bits per heavy atom. The van der Waals surface area contributed by atoms with Crippen molar-refractivity contribution in [2.24, 2.45) is 5.92 Å². The summed E-state index contributed by atoms with van der Waals surface area (Å²) in [6.45, 7) is 7.51. The first kappa shape index (κ1) is 19.0. The van der Waals surface area contributed by atoms with E-state index in [9.17, 15) is 14.4 Å². The highest BCUT2D eigenvalue weighted by Crippen LogP contribution is 2.11. The zero-order valence-electron chi connectivity index (χ0n) is 15.2. The molecule has 0 spiro atoms. The number of benzene rings is 1. The van der Waals surface area contributed by atoms with Gasteiger partial charge in [-0.15, -0.1) is 0 Å². The van der Waals surface area contributed by atoms with Gasteiger partial charge in [0, 0.05) is 33.1 Å². The zero-order valence-corrected chi connectivity index (χ0v) is 15.2. The van der Waals surface area contributed by atoms with Crippen molar-refractivity contribution in [2.45, 2.75) is 33.2 Å². The van der Waals surface area contributed by atoms with Gasteiger partial charge in [0.15, 0.2) is 0 Å². The zero-order chi connectivity index (χ0) is 18.4. The molecule has 25 heavy (non-hydrogen) atoms. The summed E-state index contributed by atoms with van der Waals surface area (Å²) in [6.07, 6.45) is 0.259. The minimum Gasteiger partial charge on any atom is -0.344 e. The van der Waals surface area contributed by atoms with Crippen LogP contribution < -0.4 is 5.32 Å². The van der Waals surface area contributed by atoms with Crippen LogP contribution in [0.25, 0.3) is 0 Å². The highest BCUT2D eigenvalue weighted by atomic mass is 16.2. The van der Waals surface area contributed by atoms with Crippen LogP contribution >= 0.6 is 0 Å². The van der Waals surface area contributed by atoms with Gasteiger partial charge in [-0.05, 0) is 11.5 Å². The Balaban J connectivity index is 1.94. The van der Waals surface area contributed by atoms with Crippen molar-refractivity contribution in [1.82, 2.24) is 15.1 Å². The van der Waals surface area contributed by atoms with Crippen molar-refractivity contribution in [3.8, 4) is 0 Å². The third kappa shape index (κ3) is 5.31. The Hall–Kier alpha value is -2.37. The minimum atomic E-state index is -0.542. The standard InChI is InChI=1S/C19H27N3O3/c1-14(2)18(20-17(24)13-16-7-5-4-6-8-16)19(25)22-11-9-21(10-12-22)15(3)23/h4-8,14,18H,9-13H2,1-3H3,(H,20,24). The van der Waals surface area contributed by atoms with E-state index in [2.05, 4.69) is 5.32 Å². The summed E-state index contributed by atoms with van der Waals surface area (Å²) in [6, 6.07) is 8.94. The van der Waals surface area contributed by atoms with Crippen molar-refractivity contribution in [3.63, 3.8) is 0 Å². The van der Waals surface area contributed by atoms with E-state index in [4.69, 9.17) is 0 Å². The lowest BCUT2D eigenvalue weighted by Gasteiger charge is -2.37. The second-order valence-electron chi connectivity index (χ2n) is 6.78. The molecular weight excluding hydrogens is 318 g/mol. The molecule has 1 aromatic rings. The number of nitrogens with one attached hydrogen (secondary N) is 1. The SMILES string of the molecule is CC(=O)N1CCN(C(=O)C(NC(=O)Cc2ccccc2)C(C)C)CC1. The number of rotatable bonds is 5. The lowest BCUT2D eigenvalue weighted by Crippen LogP contribution is -2.57. The van der Waals surface area contributed by atoms with Gasteiger partial charge in [-0.1, -0.05) is 44.2 Å². The van der Waals surface area contributed by atoms with Crippen molar-refractivity contribution < 1.29 is 14.4 Å². The summed E-state index contributed by atoms with van der Waals surface area (Å²) in [5.41, 5.74) is 0.921. The number of carbonyl (C=O) groups excluding carboxylic acids is 3. The summed E-state index contributed by atoms with van der Waals surface area (Å²) in [7, 11) is 0. The largest absolute Gasteiger partial charge is 0.344 e. The van der Waals surface area contributed by atoms with Gasteiger partial charge in [-0.25, -0.2) is 0 Å². The number of hydrogen-bond donors (Lipinski definition) is 1. The Bertz CT molecular complexity index is 608. The molecule has 0 saturated carbocycles. The second-order valence-corrected chi connectivity index (χ2v) is 6.78. The molecule has 1 aliphatic heterocycles. The van der Waals surface area contributed by atoms with Gasteiger partial charge in [0.2, 0.25) is 17.7 Å². The fourth-order valence-corrected chi connectivity index (χ4v) is 2.96. The summed E-state index contributed by atoms with van der Waals surface area (Å²) in [4.78, 5) is 40.0. The summed E-state index contributed by atoms with van der Waals surface area (Å²) < 4.78 is 0. The lowest BCUT2D eigenvalue weighted by molar-refractivity contribution is -0.142. The maximum absolute atomic E-state index is 12.8. The van der Waals surface area contributed by atoms with Gasteiger partial charge in [0.1, 0.15) is 6.04 Å². The second kappa shape index (κ2) is 8.65. The molecular formula is C19H27N3O3. The van der Waals surface area contributed by atoms with E-state index in [1.807, 2.05) is 44.2 Å². The van der Waals surface area contributed by atoms with Crippen molar-refractivity contribution in [1.29, 1.82) is 0 Å². The molecule has 136 valence electrons. The molecule has 6 heteroatoms. The van der Waals surface area contributed by atoms with Crippen LogP contribution in [0.3, 0.4) is 0 Å². The fraction of sp³-hybridized carbons (Fsp3) is 0.526. The quantitative estimate of drug-likeness (QED) is 0.868. The highest BCUT2D eigenvalue weighted by Gasteiger charge is 2.31. The van der Waals surface area contributed by atoms with Crippen molar-refractivity contribution in [3.05, 3.63) is 35.9 Å². The Morgan fingerprint density at radius 2 is 1.56 bits per heavy atom. The smallest absolute Gasteiger partial charge is 0.245 e. The molecule has 0 aromatic heterocycles. The van der Waals surface area contributed by atoms with Gasteiger partial charge in [0.05, 0.1) is 6.42 Å². The van der Waals surface area contributed by atoms with Gasteiger partial charge in [-0.2, -0.15) is 0 Å². The van der Waals surface area contributed by atoms with E-state index in [0.29, 0.717) is 26.2 Å². The van der Waals surface area contributed by atoms with E-state index in [0.717, 1.165) is 5.56 Å². The van der Waals surface area contributed by atoms with Crippen LogP contribution in [-0.2, 0) is 20.8 Å². The average Bonchev–Trinajstić information content (AvgIpc) is 2.60. The summed E-state index contributed by atoms with van der Waals surface area (Å²) in [5.74, 6) is -0.193. The topological polar surface area (TPSA) is 69.7 Å². The molecule has 0 bridgehead atoms. The molecule has 1 atom stereocenters. The molecule has 1 fully saturated rings. The van der Waals surface area contributed by atoms with E-state index in [1.165, 1.54) is 6.92 Å². The molecule has 3 amide bonds. The molecule has 1 unspecified atom stereocenters. The Labute approximate surface area is 149 Å². The van der Waals surface area contributed by atoms with Crippen LogP contribution in [0.15, 0.2) is 30.3 Å². The molecule has 1 aromatic carbocycles. The van der Waals surface area contributed by atoms with Crippen molar-refractivity contribution >= 4 is 17.7 Å². The number of amides is 3. The van der Waals surface area contributed by atoms with E-state index < -0.39 is 6.04 Å². The van der Waals surface area contributed by atoms with E-state index in [1.54, 1.807) is 9.80 Å². The fourth-order valence-electron chi connectivity index (χ4n) is 2.96. The van der Waals surface area contributed by atoms with Crippen LogP contribution in [0.1, 0.15) is 26.3 Å². The van der Waals surface area contributed by atoms with Gasteiger partial charge < -0.3 is 15.1 Å². The van der Waals surface area contributed by atoms with Crippen LogP contribution in [0.4, 0.5) is 0 Å². The lowest BCUT2D eigenvalue weighted by atomic mass is 10.0. The maximum atomic E-state index is 12.8. The van der Waals surface area contributed by atoms with Crippen molar-refractivity contribution in [2.75, 3.05) is 26.2 Å². The minimum absolute atomic E-state index is 0.00180. The molecule has 1 N–H and O–H groups in total. The monoisotopic (exact) mass is 345 g/mol. The third-order valence-corrected chi connectivity index (χ3v) is 4.49. The first-order valence-electron chi connectivity index (χ1n) is 8.76. The predicted molar refractivity (Wildman–Crippen MR) is 95.7 cm³/mol. The van der Waals surface area contributed by atoms with E-state index >= 15 is 0 Å². The molecule has 1 heterocycles. The molecule has 2 rings (SSSR count). The van der Waals surface area contributed by atoms with Crippen LogP contribution in [0.2, 0.25) is 0 Å². The van der Waals surface area contributed by atoms with Gasteiger partial charge >= 0.3 is 0 Å². The Morgan fingerprint density at radius 3 is 2.08 bits per heavy atom. The number of hydrogen-bond acceptors (Lipinski definition) is 3. The van der Waals surface area contributed by atoms with E-state index in [-0.39, 0.29) is 30.1 Å². The molecule has 0 aliphatic carbocycles. The van der Waals surface area contributed by atoms with Crippen LogP contribution in [0.5, 0.6) is 0 Å². The Kier molecular flexibility index (Phi) is 6.56. The van der Waals surface area contributed by atoms with Crippen LogP contribution in [-0.4, -0.2) is 59.7 Å². The van der Waals surface area contributed by atoms with Gasteiger partial charge in [-0.3, -0.25) is 14.4 Å². The first-order valence-corrected chi connectivity index (χ1v) is 8.76. The van der Waals surface area contributed by atoms with Gasteiger partial charge in [0.25, 0.3) is 0 Å². The number of carbonyl (C=O) groups is 3. The maximum Gasteiger partial charge on any atom is 0.245 e. The highest BCUT2D eigenvalue weighted by molar-refractivity contribution is 5.88. The molecule has 1 saturated heterocycles. The number of nitrogens with zero attached hydrogens (tertiary/aromatic N) is 2. The normalized spacial score (nSPS) is 15.8. The average molecular weight is 345 g/mol. The third-order valence-electron chi connectivity index (χ3n) is 4.49.